The molecule has 0 N–H and O–H groups in total. The third-order valence-electron chi connectivity index (χ3n) is 3.46. The van der Waals surface area contributed by atoms with Gasteiger partial charge in [0.1, 0.15) is 5.75 Å². The molecule has 0 spiro atoms. The van der Waals surface area contributed by atoms with Crippen LogP contribution < -0.4 is 4.74 Å². The molecule has 1 heterocycles. The van der Waals surface area contributed by atoms with Gasteiger partial charge in [-0.1, -0.05) is 18.6 Å². The highest BCUT2D eigenvalue weighted by Crippen LogP contribution is 2.22. The largest absolute Gasteiger partial charge is 0.491 e. The van der Waals surface area contributed by atoms with E-state index >= 15 is 0 Å². The van der Waals surface area contributed by atoms with E-state index in [1.54, 1.807) is 0 Å². The standard InChI is InChI=1S/C16H25NO/c1-13(2)18-16-8-7-15(11-14(16)3)12-17-9-5-4-6-10-17/h7-8,11,13H,4-6,9-10,12H2,1-3H3. The molecule has 0 unspecified atom stereocenters. The minimum atomic E-state index is 0.247. The van der Waals surface area contributed by atoms with E-state index in [4.69, 9.17) is 4.74 Å². The van der Waals surface area contributed by atoms with Crippen molar-refractivity contribution < 1.29 is 4.74 Å². The average Bonchev–Trinajstić information content (AvgIpc) is 2.33. The van der Waals surface area contributed by atoms with Crippen LogP contribution in [0.3, 0.4) is 0 Å². The summed E-state index contributed by atoms with van der Waals surface area (Å²) < 4.78 is 5.78. The van der Waals surface area contributed by atoms with Crippen molar-refractivity contribution in [1.82, 2.24) is 4.90 Å². The first-order valence-corrected chi connectivity index (χ1v) is 7.13. The van der Waals surface area contributed by atoms with Gasteiger partial charge in [0, 0.05) is 6.54 Å². The van der Waals surface area contributed by atoms with Crippen LogP contribution in [0.25, 0.3) is 0 Å². The number of rotatable bonds is 4. The van der Waals surface area contributed by atoms with Gasteiger partial charge in [-0.2, -0.15) is 0 Å². The summed E-state index contributed by atoms with van der Waals surface area (Å²) in [4.78, 5) is 2.56. The minimum absolute atomic E-state index is 0.247. The highest BCUT2D eigenvalue weighted by molar-refractivity contribution is 5.36. The van der Waals surface area contributed by atoms with E-state index in [1.807, 2.05) is 0 Å². The Bertz CT molecular complexity index is 381. The third kappa shape index (κ3) is 3.74. The smallest absolute Gasteiger partial charge is 0.122 e. The van der Waals surface area contributed by atoms with Crippen LogP contribution in [-0.4, -0.2) is 24.1 Å². The average molecular weight is 247 g/mol. The summed E-state index contributed by atoms with van der Waals surface area (Å²) in [5.41, 5.74) is 2.66. The predicted molar refractivity (Wildman–Crippen MR) is 76.1 cm³/mol. The van der Waals surface area contributed by atoms with Gasteiger partial charge < -0.3 is 4.74 Å². The van der Waals surface area contributed by atoms with Crippen LogP contribution in [0.1, 0.15) is 44.2 Å². The second-order valence-electron chi connectivity index (χ2n) is 5.60. The fourth-order valence-electron chi connectivity index (χ4n) is 2.57. The number of likely N-dealkylation sites (tertiary alicyclic amines) is 1. The highest BCUT2D eigenvalue weighted by atomic mass is 16.5. The Morgan fingerprint density at radius 1 is 1.17 bits per heavy atom. The number of piperidine rings is 1. The van der Waals surface area contributed by atoms with E-state index in [0.717, 1.165) is 12.3 Å². The molecule has 0 radical (unpaired) electrons. The maximum Gasteiger partial charge on any atom is 0.122 e. The van der Waals surface area contributed by atoms with Gasteiger partial charge in [0.2, 0.25) is 0 Å². The normalized spacial score (nSPS) is 17.1. The minimum Gasteiger partial charge on any atom is -0.491 e. The summed E-state index contributed by atoms with van der Waals surface area (Å²) in [6.07, 6.45) is 4.36. The zero-order chi connectivity index (χ0) is 13.0. The monoisotopic (exact) mass is 247 g/mol. The first-order valence-electron chi connectivity index (χ1n) is 7.13. The third-order valence-corrected chi connectivity index (χ3v) is 3.46. The number of hydrogen-bond acceptors (Lipinski definition) is 2. The number of nitrogens with zero attached hydrogens (tertiary/aromatic N) is 1. The van der Waals surface area contributed by atoms with E-state index in [-0.39, 0.29) is 6.10 Å². The second-order valence-corrected chi connectivity index (χ2v) is 5.60. The summed E-state index contributed by atoms with van der Waals surface area (Å²) in [6.45, 7) is 9.87. The topological polar surface area (TPSA) is 12.5 Å². The van der Waals surface area contributed by atoms with Crippen molar-refractivity contribution in [2.45, 2.75) is 52.7 Å². The maximum absolute atomic E-state index is 5.78. The summed E-state index contributed by atoms with van der Waals surface area (Å²) in [7, 11) is 0. The molecular weight excluding hydrogens is 222 g/mol. The van der Waals surface area contributed by atoms with Gasteiger partial charge in [0.15, 0.2) is 0 Å². The van der Waals surface area contributed by atoms with Crippen LogP contribution in [0.2, 0.25) is 0 Å². The molecule has 1 aliphatic rings. The molecule has 0 saturated carbocycles. The Labute approximate surface area is 111 Å². The van der Waals surface area contributed by atoms with Crippen molar-refractivity contribution in [3.8, 4) is 5.75 Å². The number of hydrogen-bond donors (Lipinski definition) is 0. The molecule has 100 valence electrons. The molecular formula is C16H25NO. The molecule has 2 heteroatoms. The van der Waals surface area contributed by atoms with Crippen molar-refractivity contribution in [1.29, 1.82) is 0 Å². The van der Waals surface area contributed by atoms with Crippen molar-refractivity contribution >= 4 is 0 Å². The number of benzene rings is 1. The molecule has 1 aromatic rings. The van der Waals surface area contributed by atoms with Gasteiger partial charge in [0.25, 0.3) is 0 Å². The highest BCUT2D eigenvalue weighted by Gasteiger charge is 2.11. The molecule has 1 saturated heterocycles. The first kappa shape index (κ1) is 13.4. The quantitative estimate of drug-likeness (QED) is 0.803. The molecule has 0 aliphatic carbocycles. The van der Waals surface area contributed by atoms with Crippen LogP contribution in [0.5, 0.6) is 5.75 Å². The molecule has 1 fully saturated rings. The van der Waals surface area contributed by atoms with E-state index in [0.29, 0.717) is 0 Å². The van der Waals surface area contributed by atoms with Crippen molar-refractivity contribution in [2.75, 3.05) is 13.1 Å². The molecule has 0 atom stereocenters. The van der Waals surface area contributed by atoms with Crippen molar-refractivity contribution in [3.05, 3.63) is 29.3 Å². The fraction of sp³-hybridized carbons (Fsp3) is 0.625. The summed E-state index contributed by atoms with van der Waals surface area (Å²) in [5, 5.41) is 0. The molecule has 2 rings (SSSR count). The first-order chi connectivity index (χ1) is 8.65. The zero-order valence-electron chi connectivity index (χ0n) is 11.9. The summed E-state index contributed by atoms with van der Waals surface area (Å²) in [5.74, 6) is 1.02. The van der Waals surface area contributed by atoms with Crippen LogP contribution >= 0.6 is 0 Å². The number of ether oxygens (including phenoxy) is 1. The van der Waals surface area contributed by atoms with Crippen LogP contribution in [-0.2, 0) is 6.54 Å². The van der Waals surface area contributed by atoms with Crippen LogP contribution in [0, 0.1) is 6.92 Å². The van der Waals surface area contributed by atoms with Gasteiger partial charge in [-0.25, -0.2) is 0 Å². The fourth-order valence-corrected chi connectivity index (χ4v) is 2.57. The Morgan fingerprint density at radius 3 is 2.50 bits per heavy atom. The molecule has 0 aromatic heterocycles. The number of aryl methyl sites for hydroxylation is 1. The Balaban J connectivity index is 1.99. The van der Waals surface area contributed by atoms with Gasteiger partial charge in [-0.05, 0) is 63.9 Å². The molecule has 2 nitrogen and oxygen atoms in total. The Hall–Kier alpha value is -1.02. The molecule has 1 aromatic carbocycles. The summed E-state index contributed by atoms with van der Waals surface area (Å²) >= 11 is 0. The SMILES string of the molecule is Cc1cc(CN2CCCCC2)ccc1OC(C)C. The lowest BCUT2D eigenvalue weighted by molar-refractivity contribution is 0.220. The Kier molecular flexibility index (Phi) is 4.65. The lowest BCUT2D eigenvalue weighted by atomic mass is 10.1. The second kappa shape index (κ2) is 6.24. The zero-order valence-corrected chi connectivity index (χ0v) is 11.9. The van der Waals surface area contributed by atoms with Gasteiger partial charge in [-0.15, -0.1) is 0 Å². The van der Waals surface area contributed by atoms with Crippen molar-refractivity contribution in [3.63, 3.8) is 0 Å². The van der Waals surface area contributed by atoms with Crippen molar-refractivity contribution in [2.24, 2.45) is 0 Å². The van der Waals surface area contributed by atoms with E-state index in [2.05, 4.69) is 43.9 Å². The van der Waals surface area contributed by atoms with Gasteiger partial charge in [0.05, 0.1) is 6.10 Å². The van der Waals surface area contributed by atoms with Gasteiger partial charge in [-0.3, -0.25) is 4.90 Å². The predicted octanol–water partition coefficient (Wildman–Crippen LogP) is 3.77. The van der Waals surface area contributed by atoms with E-state index in [9.17, 15) is 0 Å². The van der Waals surface area contributed by atoms with Crippen LogP contribution in [0.4, 0.5) is 0 Å². The van der Waals surface area contributed by atoms with Gasteiger partial charge >= 0.3 is 0 Å². The molecule has 1 aliphatic heterocycles. The maximum atomic E-state index is 5.78. The summed E-state index contributed by atoms with van der Waals surface area (Å²) in [6, 6.07) is 6.60. The van der Waals surface area contributed by atoms with E-state index in [1.165, 1.54) is 43.5 Å². The van der Waals surface area contributed by atoms with E-state index < -0.39 is 0 Å². The molecule has 0 bridgehead atoms. The lowest BCUT2D eigenvalue weighted by Crippen LogP contribution is -2.29. The Morgan fingerprint density at radius 2 is 1.89 bits per heavy atom. The van der Waals surface area contributed by atoms with Crippen LogP contribution in [0.15, 0.2) is 18.2 Å². The lowest BCUT2D eigenvalue weighted by Gasteiger charge is -2.26. The molecule has 0 amide bonds. The molecule has 18 heavy (non-hydrogen) atoms.